The molecule has 14 heavy (non-hydrogen) atoms. The third-order valence-electron chi connectivity index (χ3n) is 1.81. The van der Waals surface area contributed by atoms with E-state index in [2.05, 4.69) is 21.2 Å². The molecule has 0 atom stereocenters. The molecule has 0 aromatic heterocycles. The number of nitrogens with one attached hydrogen (secondary N) is 1. The van der Waals surface area contributed by atoms with Crippen molar-refractivity contribution in [1.29, 1.82) is 0 Å². The van der Waals surface area contributed by atoms with E-state index in [1.165, 1.54) is 0 Å². The van der Waals surface area contributed by atoms with Crippen LogP contribution in [0.5, 0.6) is 0 Å². The van der Waals surface area contributed by atoms with E-state index in [4.69, 9.17) is 0 Å². The maximum atomic E-state index is 11.6. The number of nitrogens with zero attached hydrogens (tertiary/aromatic N) is 1. The summed E-state index contributed by atoms with van der Waals surface area (Å²) < 4.78 is -0.565. The standard InChI is InChI=1S/C9H17BrN2O2/c1-9(2,10)8(14)12(4)6-5-7(13)11-3/h5-6H2,1-4H3,(H,11,13). The van der Waals surface area contributed by atoms with Crippen LogP contribution in [0, 0.1) is 0 Å². The third kappa shape index (κ3) is 4.60. The predicted octanol–water partition coefficient (Wildman–Crippen LogP) is 0.754. The van der Waals surface area contributed by atoms with E-state index in [-0.39, 0.29) is 11.8 Å². The molecule has 0 saturated heterocycles. The maximum Gasteiger partial charge on any atom is 0.238 e. The summed E-state index contributed by atoms with van der Waals surface area (Å²) in [5.41, 5.74) is 0. The van der Waals surface area contributed by atoms with Crippen LogP contribution in [-0.4, -0.2) is 41.7 Å². The number of carbonyl (C=O) groups excluding carboxylic acids is 2. The molecule has 0 unspecified atom stereocenters. The van der Waals surface area contributed by atoms with Crippen LogP contribution in [0.25, 0.3) is 0 Å². The van der Waals surface area contributed by atoms with Gasteiger partial charge in [-0.1, -0.05) is 15.9 Å². The summed E-state index contributed by atoms with van der Waals surface area (Å²) in [7, 11) is 3.27. The topological polar surface area (TPSA) is 49.4 Å². The van der Waals surface area contributed by atoms with Crippen molar-refractivity contribution in [2.45, 2.75) is 24.6 Å². The molecule has 0 heterocycles. The van der Waals surface area contributed by atoms with Gasteiger partial charge in [-0.15, -0.1) is 0 Å². The molecule has 4 nitrogen and oxygen atoms in total. The van der Waals surface area contributed by atoms with E-state index < -0.39 is 4.32 Å². The molecule has 0 aliphatic rings. The van der Waals surface area contributed by atoms with Crippen molar-refractivity contribution in [1.82, 2.24) is 10.2 Å². The Balaban J connectivity index is 4.03. The summed E-state index contributed by atoms with van der Waals surface area (Å²) in [4.78, 5) is 24.1. The minimum absolute atomic E-state index is 0.0265. The van der Waals surface area contributed by atoms with Crippen LogP contribution in [0.3, 0.4) is 0 Å². The lowest BCUT2D eigenvalue weighted by molar-refractivity contribution is -0.132. The van der Waals surface area contributed by atoms with Crippen molar-refractivity contribution < 1.29 is 9.59 Å². The van der Waals surface area contributed by atoms with Gasteiger partial charge >= 0.3 is 0 Å². The van der Waals surface area contributed by atoms with Crippen LogP contribution in [0.15, 0.2) is 0 Å². The lowest BCUT2D eigenvalue weighted by atomic mass is 10.2. The second-order valence-electron chi connectivity index (χ2n) is 3.62. The van der Waals surface area contributed by atoms with Crippen molar-refractivity contribution in [3.8, 4) is 0 Å². The summed E-state index contributed by atoms with van der Waals surface area (Å²) in [5.74, 6) is -0.0848. The Morgan fingerprint density at radius 3 is 2.29 bits per heavy atom. The Kier molecular flexibility index (Phi) is 5.12. The normalized spacial score (nSPS) is 10.9. The average Bonchev–Trinajstić information content (AvgIpc) is 2.10. The highest BCUT2D eigenvalue weighted by Gasteiger charge is 2.26. The highest BCUT2D eigenvalue weighted by Crippen LogP contribution is 2.18. The van der Waals surface area contributed by atoms with Gasteiger partial charge in [-0.2, -0.15) is 0 Å². The van der Waals surface area contributed by atoms with Crippen LogP contribution in [0.2, 0.25) is 0 Å². The monoisotopic (exact) mass is 264 g/mol. The lowest BCUT2D eigenvalue weighted by Crippen LogP contribution is -2.40. The van der Waals surface area contributed by atoms with Gasteiger partial charge in [0.05, 0.1) is 4.32 Å². The second kappa shape index (κ2) is 5.34. The molecule has 5 heteroatoms. The van der Waals surface area contributed by atoms with E-state index in [1.807, 2.05) is 0 Å². The first-order chi connectivity index (χ1) is 6.29. The molecule has 0 radical (unpaired) electrons. The van der Waals surface area contributed by atoms with Crippen LogP contribution in [0.4, 0.5) is 0 Å². The predicted molar refractivity (Wildman–Crippen MR) is 59.3 cm³/mol. The molecule has 1 N–H and O–H groups in total. The molecule has 0 fully saturated rings. The minimum Gasteiger partial charge on any atom is -0.359 e. The van der Waals surface area contributed by atoms with Crippen LogP contribution in [-0.2, 0) is 9.59 Å². The van der Waals surface area contributed by atoms with Crippen molar-refractivity contribution in [2.75, 3.05) is 20.6 Å². The first kappa shape index (κ1) is 13.4. The molecular weight excluding hydrogens is 248 g/mol. The molecule has 0 aliphatic heterocycles. The van der Waals surface area contributed by atoms with Gasteiger partial charge in [0.15, 0.2) is 0 Å². The Hall–Kier alpha value is -0.580. The molecule has 82 valence electrons. The van der Waals surface area contributed by atoms with E-state index in [0.717, 1.165) is 0 Å². The molecule has 0 bridgehead atoms. The van der Waals surface area contributed by atoms with Crippen LogP contribution >= 0.6 is 15.9 Å². The Morgan fingerprint density at radius 1 is 1.43 bits per heavy atom. The van der Waals surface area contributed by atoms with Crippen molar-refractivity contribution in [3.05, 3.63) is 0 Å². The van der Waals surface area contributed by atoms with Crippen molar-refractivity contribution in [3.63, 3.8) is 0 Å². The fourth-order valence-electron chi connectivity index (χ4n) is 0.950. The third-order valence-corrected chi connectivity index (χ3v) is 2.15. The Morgan fingerprint density at radius 2 is 1.93 bits per heavy atom. The smallest absolute Gasteiger partial charge is 0.238 e. The van der Waals surface area contributed by atoms with Crippen molar-refractivity contribution in [2.24, 2.45) is 0 Å². The molecule has 0 spiro atoms. The lowest BCUT2D eigenvalue weighted by Gasteiger charge is -2.24. The van der Waals surface area contributed by atoms with E-state index >= 15 is 0 Å². The van der Waals surface area contributed by atoms with Crippen LogP contribution in [0.1, 0.15) is 20.3 Å². The fraction of sp³-hybridized carbons (Fsp3) is 0.778. The Bertz CT molecular complexity index is 223. The highest BCUT2D eigenvalue weighted by molar-refractivity contribution is 9.10. The van der Waals surface area contributed by atoms with Gasteiger partial charge in [0.25, 0.3) is 0 Å². The van der Waals surface area contributed by atoms with Gasteiger partial charge in [-0.3, -0.25) is 9.59 Å². The molecule has 0 aromatic carbocycles. The van der Waals surface area contributed by atoms with E-state index in [0.29, 0.717) is 13.0 Å². The van der Waals surface area contributed by atoms with E-state index in [1.54, 1.807) is 32.8 Å². The molecule has 0 rings (SSSR count). The fourth-order valence-corrected chi connectivity index (χ4v) is 1.25. The second-order valence-corrected chi connectivity index (χ2v) is 5.60. The summed E-state index contributed by atoms with van der Waals surface area (Å²) in [6.07, 6.45) is 0.335. The van der Waals surface area contributed by atoms with E-state index in [9.17, 15) is 9.59 Å². The van der Waals surface area contributed by atoms with Gasteiger partial charge in [0.2, 0.25) is 11.8 Å². The number of amides is 2. The first-order valence-corrected chi connectivity index (χ1v) is 5.23. The zero-order valence-electron chi connectivity index (χ0n) is 9.06. The molecule has 0 saturated carbocycles. The number of rotatable bonds is 4. The minimum atomic E-state index is -0.565. The van der Waals surface area contributed by atoms with Gasteiger partial charge < -0.3 is 10.2 Å². The largest absolute Gasteiger partial charge is 0.359 e. The Labute approximate surface area is 93.2 Å². The average molecular weight is 265 g/mol. The van der Waals surface area contributed by atoms with Crippen LogP contribution < -0.4 is 5.32 Å². The first-order valence-electron chi connectivity index (χ1n) is 4.44. The SMILES string of the molecule is CNC(=O)CCN(C)C(=O)C(C)(C)Br. The maximum absolute atomic E-state index is 11.6. The number of hydrogen-bond acceptors (Lipinski definition) is 2. The zero-order chi connectivity index (χ0) is 11.4. The number of alkyl halides is 1. The van der Waals surface area contributed by atoms with Gasteiger partial charge in [0, 0.05) is 27.1 Å². The molecule has 0 aliphatic carbocycles. The van der Waals surface area contributed by atoms with Gasteiger partial charge in [-0.25, -0.2) is 0 Å². The zero-order valence-corrected chi connectivity index (χ0v) is 10.6. The number of hydrogen-bond donors (Lipinski definition) is 1. The van der Waals surface area contributed by atoms with Gasteiger partial charge in [0.1, 0.15) is 0 Å². The number of halogens is 1. The summed E-state index contributed by atoms with van der Waals surface area (Å²) in [5, 5.41) is 2.51. The number of carbonyl (C=O) groups is 2. The van der Waals surface area contributed by atoms with Gasteiger partial charge in [-0.05, 0) is 13.8 Å². The molecule has 2 amide bonds. The van der Waals surface area contributed by atoms with Crippen molar-refractivity contribution >= 4 is 27.7 Å². The highest BCUT2D eigenvalue weighted by atomic mass is 79.9. The quantitative estimate of drug-likeness (QED) is 0.763. The summed E-state index contributed by atoms with van der Waals surface area (Å²) in [6, 6.07) is 0. The summed E-state index contributed by atoms with van der Waals surface area (Å²) >= 11 is 3.28. The molecular formula is C9H17BrN2O2. The molecule has 0 aromatic rings. The summed E-state index contributed by atoms with van der Waals surface area (Å²) in [6.45, 7) is 4.00.